The largest absolute Gasteiger partial charge is 0.378 e. The van der Waals surface area contributed by atoms with Gasteiger partial charge in [-0.1, -0.05) is 60.7 Å². The summed E-state index contributed by atoms with van der Waals surface area (Å²) in [5.41, 5.74) is 1.95. The first kappa shape index (κ1) is 13.8. The first-order valence-corrected chi connectivity index (χ1v) is 7.28. The molecule has 1 fully saturated rings. The van der Waals surface area contributed by atoms with Crippen LogP contribution in [0.5, 0.6) is 0 Å². The predicted octanol–water partition coefficient (Wildman–Crippen LogP) is 2.57. The first-order valence-electron chi connectivity index (χ1n) is 7.28. The summed E-state index contributed by atoms with van der Waals surface area (Å²) in [6.07, 6.45) is 1.06. The summed E-state index contributed by atoms with van der Waals surface area (Å²) in [6, 6.07) is 19.3. The maximum Gasteiger partial charge on any atom is 0.253 e. The minimum atomic E-state index is -1.10. The van der Waals surface area contributed by atoms with Gasteiger partial charge in [0.05, 0.1) is 0 Å². The van der Waals surface area contributed by atoms with Crippen molar-refractivity contribution in [3.63, 3.8) is 0 Å². The van der Waals surface area contributed by atoms with Gasteiger partial charge in [-0.2, -0.15) is 0 Å². The van der Waals surface area contributed by atoms with E-state index in [1.54, 1.807) is 12.1 Å². The summed E-state index contributed by atoms with van der Waals surface area (Å²) in [6.45, 7) is 0.583. The lowest BCUT2D eigenvalue weighted by Gasteiger charge is -2.18. The smallest absolute Gasteiger partial charge is 0.253 e. The van der Waals surface area contributed by atoms with Gasteiger partial charge in [-0.3, -0.25) is 4.79 Å². The molecular weight excluding hydrogens is 262 g/mol. The van der Waals surface area contributed by atoms with E-state index in [-0.39, 0.29) is 11.3 Å². The van der Waals surface area contributed by atoms with Gasteiger partial charge in [0.1, 0.15) is 0 Å². The fourth-order valence-electron chi connectivity index (χ4n) is 2.65. The van der Waals surface area contributed by atoms with Crippen LogP contribution in [-0.2, 0) is 10.2 Å². The molecule has 1 aliphatic carbocycles. The molecular formula is C18H19NO2. The molecule has 2 aromatic carbocycles. The minimum absolute atomic E-state index is 0.0628. The van der Waals surface area contributed by atoms with Gasteiger partial charge in [0.25, 0.3) is 5.91 Å². The minimum Gasteiger partial charge on any atom is -0.378 e. The highest BCUT2D eigenvalue weighted by Gasteiger charge is 2.44. The maximum atomic E-state index is 12.1. The summed E-state index contributed by atoms with van der Waals surface area (Å²) >= 11 is 0. The lowest BCUT2D eigenvalue weighted by atomic mass is 9.96. The molecule has 3 nitrogen and oxygen atoms in total. The summed E-state index contributed by atoms with van der Waals surface area (Å²) in [5, 5.41) is 13.0. The van der Waals surface area contributed by atoms with Crippen molar-refractivity contribution >= 4 is 5.91 Å². The third-order valence-electron chi connectivity index (χ3n) is 4.20. The van der Waals surface area contributed by atoms with Crippen LogP contribution in [0, 0.1) is 0 Å². The number of aliphatic hydroxyl groups excluding tert-OH is 1. The van der Waals surface area contributed by atoms with E-state index in [0.717, 1.165) is 12.8 Å². The van der Waals surface area contributed by atoms with Crippen LogP contribution in [0.4, 0.5) is 0 Å². The highest BCUT2D eigenvalue weighted by Crippen LogP contribution is 2.47. The average Bonchev–Trinajstić information content (AvgIpc) is 3.35. The van der Waals surface area contributed by atoms with Crippen molar-refractivity contribution < 1.29 is 9.90 Å². The Labute approximate surface area is 124 Å². The van der Waals surface area contributed by atoms with Gasteiger partial charge in [0.2, 0.25) is 0 Å². The van der Waals surface area contributed by atoms with Crippen LogP contribution in [0.2, 0.25) is 0 Å². The van der Waals surface area contributed by atoms with Gasteiger partial charge >= 0.3 is 0 Å². The number of nitrogens with one attached hydrogen (secondary N) is 1. The first-order chi connectivity index (χ1) is 10.2. The molecule has 1 atom stereocenters. The molecule has 21 heavy (non-hydrogen) atoms. The maximum absolute atomic E-state index is 12.1. The van der Waals surface area contributed by atoms with E-state index in [1.807, 2.05) is 36.4 Å². The summed E-state index contributed by atoms with van der Waals surface area (Å²) in [4.78, 5) is 12.1. The third kappa shape index (κ3) is 2.98. The topological polar surface area (TPSA) is 49.3 Å². The molecule has 3 heteroatoms. The van der Waals surface area contributed by atoms with E-state index in [2.05, 4.69) is 17.4 Å². The number of benzene rings is 2. The molecule has 1 unspecified atom stereocenters. The zero-order chi connectivity index (χ0) is 14.7. The van der Waals surface area contributed by atoms with Crippen LogP contribution < -0.4 is 5.32 Å². The van der Waals surface area contributed by atoms with Crippen molar-refractivity contribution in [1.29, 1.82) is 0 Å². The van der Waals surface area contributed by atoms with Crippen LogP contribution >= 0.6 is 0 Å². The highest BCUT2D eigenvalue weighted by molar-refractivity contribution is 5.82. The normalized spacial score (nSPS) is 17.0. The number of rotatable bonds is 5. The van der Waals surface area contributed by atoms with Crippen molar-refractivity contribution in [3.05, 3.63) is 71.8 Å². The van der Waals surface area contributed by atoms with E-state index in [1.165, 1.54) is 5.56 Å². The van der Waals surface area contributed by atoms with Gasteiger partial charge in [-0.15, -0.1) is 0 Å². The Morgan fingerprint density at radius 2 is 1.62 bits per heavy atom. The van der Waals surface area contributed by atoms with Gasteiger partial charge in [0, 0.05) is 12.0 Å². The number of carbonyl (C=O) groups is 1. The fraction of sp³-hybridized carbons (Fsp3) is 0.278. The lowest BCUT2D eigenvalue weighted by Crippen LogP contribution is -2.35. The Bertz CT molecular complexity index is 606. The van der Waals surface area contributed by atoms with E-state index < -0.39 is 6.10 Å². The van der Waals surface area contributed by atoms with Crippen molar-refractivity contribution in [1.82, 2.24) is 5.32 Å². The van der Waals surface area contributed by atoms with Crippen LogP contribution in [0.1, 0.15) is 30.1 Å². The fourth-order valence-corrected chi connectivity index (χ4v) is 2.65. The van der Waals surface area contributed by atoms with E-state index >= 15 is 0 Å². The van der Waals surface area contributed by atoms with Crippen molar-refractivity contribution in [3.8, 4) is 0 Å². The number of hydrogen-bond acceptors (Lipinski definition) is 2. The van der Waals surface area contributed by atoms with Crippen molar-refractivity contribution in [2.24, 2.45) is 0 Å². The second-order valence-corrected chi connectivity index (χ2v) is 5.68. The van der Waals surface area contributed by atoms with Gasteiger partial charge in [0.15, 0.2) is 6.10 Å². The molecule has 0 radical (unpaired) electrons. The molecule has 1 aliphatic rings. The van der Waals surface area contributed by atoms with Gasteiger partial charge in [-0.05, 0) is 24.0 Å². The summed E-state index contributed by atoms with van der Waals surface area (Å²) in [5.74, 6) is -0.330. The average molecular weight is 281 g/mol. The zero-order valence-electron chi connectivity index (χ0n) is 11.8. The summed E-state index contributed by atoms with van der Waals surface area (Å²) in [7, 11) is 0. The van der Waals surface area contributed by atoms with Gasteiger partial charge in [-0.25, -0.2) is 0 Å². The van der Waals surface area contributed by atoms with Crippen molar-refractivity contribution in [2.45, 2.75) is 24.4 Å². The number of carbonyl (C=O) groups excluding carboxylic acids is 1. The molecule has 0 saturated heterocycles. The van der Waals surface area contributed by atoms with Crippen LogP contribution in [0.15, 0.2) is 60.7 Å². The van der Waals surface area contributed by atoms with Crippen LogP contribution in [0.3, 0.4) is 0 Å². The van der Waals surface area contributed by atoms with E-state index in [4.69, 9.17) is 0 Å². The Kier molecular flexibility index (Phi) is 3.76. The predicted molar refractivity (Wildman–Crippen MR) is 81.8 cm³/mol. The SMILES string of the molecule is O=C(NCC1(c2ccccc2)CC1)C(O)c1ccccc1. The molecule has 0 heterocycles. The van der Waals surface area contributed by atoms with Crippen LogP contribution in [0.25, 0.3) is 0 Å². The van der Waals surface area contributed by atoms with Crippen molar-refractivity contribution in [2.75, 3.05) is 6.54 Å². The molecule has 2 N–H and O–H groups in total. The number of aliphatic hydroxyl groups is 1. The second-order valence-electron chi connectivity index (χ2n) is 5.68. The molecule has 0 bridgehead atoms. The monoisotopic (exact) mass is 281 g/mol. The Balaban J connectivity index is 1.62. The molecule has 1 amide bonds. The molecule has 0 aromatic heterocycles. The van der Waals surface area contributed by atoms with E-state index in [0.29, 0.717) is 12.1 Å². The van der Waals surface area contributed by atoms with Crippen LogP contribution in [-0.4, -0.2) is 17.6 Å². The second kappa shape index (κ2) is 5.70. The summed E-state index contributed by atoms with van der Waals surface area (Å²) < 4.78 is 0. The molecule has 108 valence electrons. The number of hydrogen-bond donors (Lipinski definition) is 2. The molecule has 2 aromatic rings. The molecule has 3 rings (SSSR count). The molecule has 1 saturated carbocycles. The molecule has 0 spiro atoms. The van der Waals surface area contributed by atoms with Gasteiger partial charge < -0.3 is 10.4 Å². The Morgan fingerprint density at radius 1 is 1.05 bits per heavy atom. The van der Waals surface area contributed by atoms with E-state index in [9.17, 15) is 9.90 Å². The lowest BCUT2D eigenvalue weighted by molar-refractivity contribution is -0.129. The number of amides is 1. The quantitative estimate of drug-likeness (QED) is 0.885. The zero-order valence-corrected chi connectivity index (χ0v) is 11.8. The third-order valence-corrected chi connectivity index (χ3v) is 4.20. The highest BCUT2D eigenvalue weighted by atomic mass is 16.3. The Morgan fingerprint density at radius 3 is 2.19 bits per heavy atom. The molecule has 0 aliphatic heterocycles. The Hall–Kier alpha value is -2.13. The standard InChI is InChI=1S/C18H19NO2/c20-16(14-7-3-1-4-8-14)17(21)19-13-18(11-12-18)15-9-5-2-6-10-15/h1-10,16,20H,11-13H2,(H,19,21).